The topological polar surface area (TPSA) is 127 Å². The average Bonchev–Trinajstić information content (AvgIpc) is 2.41. The lowest BCUT2D eigenvalue weighted by molar-refractivity contribution is -0.156. The van der Waals surface area contributed by atoms with Crippen molar-refractivity contribution in [1.29, 1.82) is 0 Å². The summed E-state index contributed by atoms with van der Waals surface area (Å²) in [6.45, 7) is 5.08. The molecule has 0 atom stereocenters. The Morgan fingerprint density at radius 2 is 1.72 bits per heavy atom. The predicted molar refractivity (Wildman–Crippen MR) is 91.4 cm³/mol. The summed E-state index contributed by atoms with van der Waals surface area (Å²) in [5.41, 5.74) is 0.155. The summed E-state index contributed by atoms with van der Waals surface area (Å²) >= 11 is 0. The van der Waals surface area contributed by atoms with Crippen molar-refractivity contribution in [3.63, 3.8) is 0 Å². The van der Waals surface area contributed by atoms with E-state index < -0.39 is 27.6 Å². The molecule has 1 aromatic carbocycles. The minimum atomic E-state index is -3.75. The number of aliphatic carboxylic acids is 1. The van der Waals surface area contributed by atoms with E-state index in [1.54, 1.807) is 32.9 Å². The first-order valence-electron chi connectivity index (χ1n) is 7.64. The molecule has 3 N–H and O–H groups in total. The third kappa shape index (κ3) is 8.62. The number of ether oxygens (including phenoxy) is 1. The molecule has 0 saturated carbocycles. The minimum Gasteiger partial charge on any atom is -0.480 e. The van der Waals surface area contributed by atoms with Gasteiger partial charge in [0, 0.05) is 6.54 Å². The number of carboxylic acid groups (broad SMARTS) is 1. The van der Waals surface area contributed by atoms with Gasteiger partial charge in [-0.2, -0.15) is 0 Å². The van der Waals surface area contributed by atoms with Gasteiger partial charge in [0.2, 0.25) is 10.0 Å². The average molecular weight is 372 g/mol. The highest BCUT2D eigenvalue weighted by molar-refractivity contribution is 7.89. The Balaban J connectivity index is 2.69. The van der Waals surface area contributed by atoms with E-state index in [0.717, 1.165) is 5.56 Å². The van der Waals surface area contributed by atoms with Crippen molar-refractivity contribution >= 4 is 22.0 Å². The number of carbonyl (C=O) groups is 2. The first-order valence-corrected chi connectivity index (χ1v) is 9.19. The normalized spacial score (nSPS) is 12.2. The number of benzene rings is 1. The van der Waals surface area contributed by atoms with E-state index in [4.69, 9.17) is 15.0 Å². The number of nitrogens with two attached hydrogens (primary N) is 1. The number of hydrogen-bond acceptors (Lipinski definition) is 6. The fraction of sp³-hybridized carbons (Fsp3) is 0.500. The molecular formula is C16H24N2O6S. The Hall–Kier alpha value is -1.97. The molecule has 140 valence electrons. The van der Waals surface area contributed by atoms with Crippen LogP contribution in [0.15, 0.2) is 29.2 Å². The van der Waals surface area contributed by atoms with Crippen molar-refractivity contribution in [2.45, 2.75) is 37.7 Å². The minimum absolute atomic E-state index is 0.00685. The van der Waals surface area contributed by atoms with Crippen LogP contribution in [0, 0.1) is 0 Å². The van der Waals surface area contributed by atoms with Crippen LogP contribution >= 0.6 is 0 Å². The maximum absolute atomic E-state index is 11.9. The molecule has 0 amide bonds. The standard InChI is InChI=1S/C16H24N2O6S/c1-16(2,3)24-15(21)11-18(10-14(19)20)9-8-12-4-6-13(7-5-12)25(17,22)23/h4-7H,8-11H2,1-3H3,(H,19,20)(H2,17,22,23). The summed E-state index contributed by atoms with van der Waals surface area (Å²) < 4.78 is 27.6. The summed E-state index contributed by atoms with van der Waals surface area (Å²) in [6, 6.07) is 5.98. The van der Waals surface area contributed by atoms with Crippen LogP contribution in [0.2, 0.25) is 0 Å². The zero-order valence-corrected chi connectivity index (χ0v) is 15.4. The largest absolute Gasteiger partial charge is 0.480 e. The Kier molecular flexibility index (Phi) is 7.09. The van der Waals surface area contributed by atoms with Gasteiger partial charge in [0.05, 0.1) is 18.0 Å². The second-order valence-electron chi connectivity index (χ2n) is 6.63. The summed E-state index contributed by atoms with van der Waals surface area (Å²) in [7, 11) is -3.75. The molecule has 0 heterocycles. The van der Waals surface area contributed by atoms with E-state index in [1.165, 1.54) is 17.0 Å². The summed E-state index contributed by atoms with van der Waals surface area (Å²) in [5.74, 6) is -1.55. The number of esters is 1. The molecule has 8 nitrogen and oxygen atoms in total. The highest BCUT2D eigenvalue weighted by atomic mass is 32.2. The summed E-state index contributed by atoms with van der Waals surface area (Å²) in [6.07, 6.45) is 0.445. The van der Waals surface area contributed by atoms with Crippen molar-refractivity contribution < 1.29 is 27.9 Å². The second kappa shape index (κ2) is 8.41. The van der Waals surface area contributed by atoms with Gasteiger partial charge in [-0.1, -0.05) is 12.1 Å². The third-order valence-electron chi connectivity index (χ3n) is 3.10. The Bertz CT molecular complexity index is 707. The lowest BCUT2D eigenvalue weighted by Gasteiger charge is -2.24. The van der Waals surface area contributed by atoms with Crippen molar-refractivity contribution in [3.05, 3.63) is 29.8 Å². The zero-order chi connectivity index (χ0) is 19.3. The van der Waals surface area contributed by atoms with Crippen LogP contribution in [-0.2, 0) is 30.8 Å². The highest BCUT2D eigenvalue weighted by Gasteiger charge is 2.20. The Morgan fingerprint density at radius 1 is 1.16 bits per heavy atom. The molecule has 0 unspecified atom stereocenters. The first-order chi connectivity index (χ1) is 11.4. The maximum atomic E-state index is 11.9. The van der Waals surface area contributed by atoms with E-state index in [2.05, 4.69) is 0 Å². The van der Waals surface area contributed by atoms with Crippen LogP contribution in [-0.4, -0.2) is 55.6 Å². The first kappa shape index (κ1) is 21.1. The van der Waals surface area contributed by atoms with Crippen molar-refractivity contribution in [2.75, 3.05) is 19.6 Å². The quantitative estimate of drug-likeness (QED) is 0.640. The van der Waals surface area contributed by atoms with Crippen LogP contribution in [0.5, 0.6) is 0 Å². The van der Waals surface area contributed by atoms with Crippen molar-refractivity contribution in [2.24, 2.45) is 5.14 Å². The van der Waals surface area contributed by atoms with Crippen LogP contribution in [0.3, 0.4) is 0 Å². The molecule has 1 aromatic rings. The molecule has 0 aliphatic rings. The van der Waals surface area contributed by atoms with E-state index >= 15 is 0 Å². The predicted octanol–water partition coefficient (Wildman–Crippen LogP) is 0.605. The highest BCUT2D eigenvalue weighted by Crippen LogP contribution is 2.11. The zero-order valence-electron chi connectivity index (χ0n) is 14.6. The summed E-state index contributed by atoms with van der Waals surface area (Å²) in [4.78, 5) is 24.3. The van der Waals surface area contributed by atoms with Crippen LogP contribution in [0.1, 0.15) is 26.3 Å². The molecule has 0 saturated heterocycles. The van der Waals surface area contributed by atoms with Gasteiger partial charge in [0.1, 0.15) is 5.60 Å². The van der Waals surface area contributed by atoms with Crippen LogP contribution in [0.4, 0.5) is 0 Å². The molecule has 1 rings (SSSR count). The Morgan fingerprint density at radius 3 is 2.16 bits per heavy atom. The molecule has 0 spiro atoms. The fourth-order valence-electron chi connectivity index (χ4n) is 2.09. The smallest absolute Gasteiger partial charge is 0.320 e. The molecule has 0 bridgehead atoms. The molecule has 0 radical (unpaired) electrons. The van der Waals surface area contributed by atoms with Crippen LogP contribution < -0.4 is 5.14 Å². The van der Waals surface area contributed by atoms with Crippen molar-refractivity contribution in [3.8, 4) is 0 Å². The van der Waals surface area contributed by atoms with Gasteiger partial charge in [-0.3, -0.25) is 14.5 Å². The monoisotopic (exact) mass is 372 g/mol. The van der Waals surface area contributed by atoms with E-state index in [9.17, 15) is 18.0 Å². The van der Waals surface area contributed by atoms with Gasteiger partial charge in [0.25, 0.3) is 0 Å². The lowest BCUT2D eigenvalue weighted by Crippen LogP contribution is -2.38. The van der Waals surface area contributed by atoms with Gasteiger partial charge in [-0.15, -0.1) is 0 Å². The molecule has 0 aromatic heterocycles. The number of nitrogens with zero attached hydrogens (tertiary/aromatic N) is 1. The molecule has 0 fully saturated rings. The number of carbonyl (C=O) groups excluding carboxylic acids is 1. The SMILES string of the molecule is CC(C)(C)OC(=O)CN(CCc1ccc(S(N)(=O)=O)cc1)CC(=O)O. The molecule has 0 aliphatic carbocycles. The van der Waals surface area contributed by atoms with Gasteiger partial charge < -0.3 is 9.84 Å². The fourth-order valence-corrected chi connectivity index (χ4v) is 2.61. The van der Waals surface area contributed by atoms with E-state index in [0.29, 0.717) is 13.0 Å². The number of rotatable bonds is 8. The van der Waals surface area contributed by atoms with Gasteiger partial charge in [-0.25, -0.2) is 13.6 Å². The van der Waals surface area contributed by atoms with E-state index in [1.807, 2.05) is 0 Å². The number of sulfonamides is 1. The Labute approximate surface area is 147 Å². The maximum Gasteiger partial charge on any atom is 0.320 e. The van der Waals surface area contributed by atoms with Crippen molar-refractivity contribution in [1.82, 2.24) is 4.90 Å². The molecule has 9 heteroatoms. The van der Waals surface area contributed by atoms with E-state index in [-0.39, 0.29) is 18.0 Å². The molecule has 0 aliphatic heterocycles. The van der Waals surface area contributed by atoms with Gasteiger partial charge in [0.15, 0.2) is 0 Å². The van der Waals surface area contributed by atoms with Crippen LogP contribution in [0.25, 0.3) is 0 Å². The number of carboxylic acids is 1. The molecule has 25 heavy (non-hydrogen) atoms. The second-order valence-corrected chi connectivity index (χ2v) is 8.19. The van der Waals surface area contributed by atoms with Gasteiger partial charge in [-0.05, 0) is 44.9 Å². The summed E-state index contributed by atoms with van der Waals surface area (Å²) in [5, 5.41) is 14.0. The lowest BCUT2D eigenvalue weighted by atomic mass is 10.1. The molecular weight excluding hydrogens is 348 g/mol. The number of hydrogen-bond donors (Lipinski definition) is 2. The number of primary sulfonamides is 1. The third-order valence-corrected chi connectivity index (χ3v) is 4.03. The van der Waals surface area contributed by atoms with Gasteiger partial charge >= 0.3 is 11.9 Å².